The van der Waals surface area contributed by atoms with Crippen LogP contribution in [0.5, 0.6) is 5.75 Å². The van der Waals surface area contributed by atoms with E-state index in [1.807, 2.05) is 0 Å². The van der Waals surface area contributed by atoms with Gasteiger partial charge in [0.25, 0.3) is 0 Å². The fourth-order valence-corrected chi connectivity index (χ4v) is 2.34. The van der Waals surface area contributed by atoms with E-state index in [-0.39, 0.29) is 5.41 Å². The Labute approximate surface area is 124 Å². The lowest BCUT2D eigenvalue weighted by molar-refractivity contribution is 0.251. The van der Waals surface area contributed by atoms with Gasteiger partial charge in [0.05, 0.1) is 0 Å². The molecule has 0 aliphatic carbocycles. The van der Waals surface area contributed by atoms with Crippen LogP contribution in [0.3, 0.4) is 0 Å². The smallest absolute Gasteiger partial charge is 0.123 e. The molecule has 1 unspecified atom stereocenters. The molecule has 1 aromatic carbocycles. The average Bonchev–Trinajstić information content (AvgIpc) is 2.41. The van der Waals surface area contributed by atoms with Crippen LogP contribution in [0.15, 0.2) is 24.3 Å². The van der Waals surface area contributed by atoms with Gasteiger partial charge in [0.1, 0.15) is 12.4 Å². The van der Waals surface area contributed by atoms with Gasteiger partial charge in [-0.25, -0.2) is 0 Å². The number of hydrogen-bond donors (Lipinski definition) is 1. The van der Waals surface area contributed by atoms with Crippen molar-refractivity contribution in [3.63, 3.8) is 0 Å². The van der Waals surface area contributed by atoms with Crippen LogP contribution in [0.4, 0.5) is 0 Å². The third-order valence-electron chi connectivity index (χ3n) is 3.46. The molecule has 1 rings (SSSR count). The van der Waals surface area contributed by atoms with Crippen LogP contribution in [0.2, 0.25) is 0 Å². The van der Waals surface area contributed by atoms with Gasteiger partial charge in [-0.15, -0.1) is 0 Å². The van der Waals surface area contributed by atoms with E-state index in [4.69, 9.17) is 4.74 Å². The minimum Gasteiger partial charge on any atom is -0.492 e. The van der Waals surface area contributed by atoms with Crippen molar-refractivity contribution in [3.8, 4) is 5.75 Å². The third kappa shape index (κ3) is 5.54. The van der Waals surface area contributed by atoms with Crippen LogP contribution in [0.25, 0.3) is 0 Å². The molecule has 0 bridgehead atoms. The maximum absolute atomic E-state index is 6.11. The summed E-state index contributed by atoms with van der Waals surface area (Å²) in [5.41, 5.74) is 1.40. The van der Waals surface area contributed by atoms with E-state index >= 15 is 0 Å². The molecule has 0 spiro atoms. The van der Waals surface area contributed by atoms with E-state index in [0.717, 1.165) is 25.3 Å². The molecule has 1 aromatic rings. The van der Waals surface area contributed by atoms with Crippen molar-refractivity contribution in [2.24, 2.45) is 0 Å². The molecule has 2 heteroatoms. The van der Waals surface area contributed by atoms with Crippen molar-refractivity contribution in [2.75, 3.05) is 13.2 Å². The summed E-state index contributed by atoms with van der Waals surface area (Å²) in [6.45, 7) is 12.9. The Hall–Kier alpha value is -1.02. The minimum absolute atomic E-state index is 0.119. The quantitative estimate of drug-likeness (QED) is 0.753. The molecule has 0 heterocycles. The first kappa shape index (κ1) is 17.0. The van der Waals surface area contributed by atoms with Gasteiger partial charge in [0, 0.05) is 6.04 Å². The predicted octanol–water partition coefficient (Wildman–Crippen LogP) is 4.53. The molecule has 114 valence electrons. The summed E-state index contributed by atoms with van der Waals surface area (Å²) in [6.07, 6.45) is 3.52. The molecular formula is C18H31NO. The molecular weight excluding hydrogens is 246 g/mol. The molecule has 0 radical (unpaired) electrons. The summed E-state index contributed by atoms with van der Waals surface area (Å²) >= 11 is 0. The highest BCUT2D eigenvalue weighted by molar-refractivity contribution is 5.38. The Morgan fingerprint density at radius 3 is 2.40 bits per heavy atom. The second kappa shape index (κ2) is 8.31. The first-order valence-corrected chi connectivity index (χ1v) is 7.94. The maximum atomic E-state index is 6.11. The number of hydrogen-bond acceptors (Lipinski definition) is 2. The first-order chi connectivity index (χ1) is 9.49. The van der Waals surface area contributed by atoms with Crippen molar-refractivity contribution in [1.29, 1.82) is 0 Å². The highest BCUT2D eigenvalue weighted by Crippen LogP contribution is 2.31. The van der Waals surface area contributed by atoms with Crippen LogP contribution in [-0.2, 0) is 5.41 Å². The third-order valence-corrected chi connectivity index (χ3v) is 3.46. The van der Waals surface area contributed by atoms with Gasteiger partial charge in [0.15, 0.2) is 0 Å². The van der Waals surface area contributed by atoms with E-state index < -0.39 is 0 Å². The monoisotopic (exact) mass is 277 g/mol. The van der Waals surface area contributed by atoms with E-state index in [9.17, 15) is 0 Å². The number of ether oxygens (including phenoxy) is 1. The van der Waals surface area contributed by atoms with Crippen molar-refractivity contribution in [3.05, 3.63) is 29.8 Å². The van der Waals surface area contributed by atoms with Crippen molar-refractivity contribution >= 4 is 0 Å². The lowest BCUT2D eigenvalue weighted by atomic mass is 9.86. The number of benzene rings is 1. The largest absolute Gasteiger partial charge is 0.492 e. The topological polar surface area (TPSA) is 21.3 Å². The molecule has 2 nitrogen and oxygen atoms in total. The summed E-state index contributed by atoms with van der Waals surface area (Å²) in [5.74, 6) is 1.03. The fraction of sp³-hybridized carbons (Fsp3) is 0.667. The molecule has 1 N–H and O–H groups in total. The molecule has 0 aromatic heterocycles. The fourth-order valence-electron chi connectivity index (χ4n) is 2.34. The lowest BCUT2D eigenvalue weighted by Crippen LogP contribution is -2.35. The van der Waals surface area contributed by atoms with E-state index in [0.29, 0.717) is 6.04 Å². The van der Waals surface area contributed by atoms with Gasteiger partial charge < -0.3 is 10.1 Å². The van der Waals surface area contributed by atoms with Crippen molar-refractivity contribution in [1.82, 2.24) is 5.32 Å². The van der Waals surface area contributed by atoms with Gasteiger partial charge >= 0.3 is 0 Å². The highest BCUT2D eigenvalue weighted by atomic mass is 16.5. The van der Waals surface area contributed by atoms with Crippen LogP contribution >= 0.6 is 0 Å². The van der Waals surface area contributed by atoms with Crippen LogP contribution < -0.4 is 10.1 Å². The van der Waals surface area contributed by atoms with Gasteiger partial charge in [-0.1, -0.05) is 59.2 Å². The minimum atomic E-state index is 0.119. The second-order valence-electron chi connectivity index (χ2n) is 6.50. The summed E-state index contributed by atoms with van der Waals surface area (Å²) in [4.78, 5) is 0. The van der Waals surface area contributed by atoms with Crippen molar-refractivity contribution in [2.45, 2.75) is 65.3 Å². The predicted molar refractivity (Wildman–Crippen MR) is 87.6 cm³/mol. The Morgan fingerprint density at radius 1 is 1.10 bits per heavy atom. The molecule has 0 aliphatic heterocycles. The molecule has 0 aliphatic rings. The molecule has 0 amide bonds. The Morgan fingerprint density at radius 2 is 1.80 bits per heavy atom. The summed E-state index contributed by atoms with van der Waals surface area (Å²) in [7, 11) is 0. The molecule has 0 saturated heterocycles. The van der Waals surface area contributed by atoms with E-state index in [1.165, 1.54) is 18.4 Å². The lowest BCUT2D eigenvalue weighted by Gasteiger charge is -2.24. The van der Waals surface area contributed by atoms with Crippen LogP contribution in [0, 0.1) is 0 Å². The van der Waals surface area contributed by atoms with Gasteiger partial charge in [-0.2, -0.15) is 0 Å². The standard InChI is InChI=1S/C18H31NO/c1-6-10-15(19-13-7-2)14-20-17-12-9-8-11-16(17)18(3,4)5/h8-9,11-12,15,19H,6-7,10,13-14H2,1-5H3. The maximum Gasteiger partial charge on any atom is 0.123 e. The van der Waals surface area contributed by atoms with E-state index in [2.05, 4.69) is 64.2 Å². The van der Waals surface area contributed by atoms with E-state index in [1.54, 1.807) is 0 Å². The second-order valence-corrected chi connectivity index (χ2v) is 6.50. The zero-order chi connectivity index (χ0) is 15.0. The highest BCUT2D eigenvalue weighted by Gasteiger charge is 2.19. The number of para-hydroxylation sites is 1. The number of rotatable bonds is 8. The Bertz CT molecular complexity index is 381. The molecule has 1 atom stereocenters. The Kier molecular flexibility index (Phi) is 7.08. The summed E-state index contributed by atoms with van der Waals surface area (Å²) in [5, 5.41) is 3.57. The average molecular weight is 277 g/mol. The van der Waals surface area contributed by atoms with Crippen LogP contribution in [0.1, 0.15) is 59.4 Å². The summed E-state index contributed by atoms with van der Waals surface area (Å²) < 4.78 is 6.11. The van der Waals surface area contributed by atoms with Crippen molar-refractivity contribution < 1.29 is 4.74 Å². The van der Waals surface area contributed by atoms with Gasteiger partial charge in [0.2, 0.25) is 0 Å². The normalized spacial score (nSPS) is 13.2. The summed E-state index contributed by atoms with van der Waals surface area (Å²) in [6, 6.07) is 8.85. The van der Waals surface area contributed by atoms with Gasteiger partial charge in [-0.05, 0) is 36.4 Å². The van der Waals surface area contributed by atoms with Gasteiger partial charge in [-0.3, -0.25) is 0 Å². The molecule has 0 fully saturated rings. The number of nitrogens with one attached hydrogen (secondary N) is 1. The zero-order valence-electron chi connectivity index (χ0n) is 13.8. The first-order valence-electron chi connectivity index (χ1n) is 7.94. The molecule has 20 heavy (non-hydrogen) atoms. The zero-order valence-corrected chi connectivity index (χ0v) is 13.8. The SMILES string of the molecule is CCCNC(CCC)COc1ccccc1C(C)(C)C. The molecule has 0 saturated carbocycles. The Balaban J connectivity index is 2.67. The van der Waals surface area contributed by atoms with Crippen LogP contribution in [-0.4, -0.2) is 19.2 Å².